The second kappa shape index (κ2) is 7.56. The van der Waals surface area contributed by atoms with Crippen LogP contribution < -0.4 is 0 Å². The third-order valence-electron chi connectivity index (χ3n) is 6.27. The molecule has 6 heteroatoms. The van der Waals surface area contributed by atoms with Crippen LogP contribution in [0, 0.1) is 0 Å². The molecular weight excluding hydrogens is 348 g/mol. The first-order valence-electron chi connectivity index (χ1n) is 9.36. The van der Waals surface area contributed by atoms with Gasteiger partial charge in [0.2, 0.25) is 0 Å². The summed E-state index contributed by atoms with van der Waals surface area (Å²) in [6.45, 7) is 22.1. The Hall–Kier alpha value is 0.0138. The maximum Gasteiger partial charge on any atom is 0.192 e. The first-order chi connectivity index (χ1) is 11.0. The van der Waals surface area contributed by atoms with Gasteiger partial charge in [0.05, 0.1) is 24.9 Å². The lowest BCUT2D eigenvalue weighted by atomic mass is 9.93. The first kappa shape index (κ1) is 23.1. The summed E-state index contributed by atoms with van der Waals surface area (Å²) in [5, 5.41) is 20.4. The molecule has 0 heterocycles. The Labute approximate surface area is 156 Å². The van der Waals surface area contributed by atoms with Crippen LogP contribution in [0.4, 0.5) is 0 Å². The van der Waals surface area contributed by atoms with E-state index in [-0.39, 0.29) is 28.9 Å². The van der Waals surface area contributed by atoms with Crippen molar-refractivity contribution in [2.75, 3.05) is 6.61 Å². The highest BCUT2D eigenvalue weighted by Crippen LogP contribution is 2.42. The van der Waals surface area contributed by atoms with Crippen molar-refractivity contribution in [3.63, 3.8) is 0 Å². The molecule has 25 heavy (non-hydrogen) atoms. The quantitative estimate of drug-likeness (QED) is 0.539. The van der Waals surface area contributed by atoms with Gasteiger partial charge in [-0.2, -0.15) is 0 Å². The summed E-state index contributed by atoms with van der Waals surface area (Å²) in [6, 6.07) is 0. The molecular formula is C19H40O4Si2. The molecule has 0 saturated carbocycles. The fraction of sp³-hybridized carbons (Fsp3) is 0.895. The first-order valence-corrected chi connectivity index (χ1v) is 15.2. The predicted octanol–water partition coefficient (Wildman–Crippen LogP) is 4.45. The second-order valence-corrected chi connectivity index (χ2v) is 19.9. The van der Waals surface area contributed by atoms with Gasteiger partial charge in [0.15, 0.2) is 16.6 Å². The number of aliphatic hydroxyl groups excluding tert-OH is 2. The zero-order chi connectivity index (χ0) is 19.8. The molecule has 0 saturated heterocycles. The maximum atomic E-state index is 10.7. The fourth-order valence-electron chi connectivity index (χ4n) is 2.44. The molecule has 0 aliphatic heterocycles. The molecule has 148 valence electrons. The highest BCUT2D eigenvalue weighted by Gasteiger charge is 2.47. The summed E-state index contributed by atoms with van der Waals surface area (Å²) in [6.07, 6.45) is 1.06. The average molecular weight is 389 g/mol. The lowest BCUT2D eigenvalue weighted by Crippen LogP contribution is -2.56. The van der Waals surface area contributed by atoms with Crippen molar-refractivity contribution in [2.45, 2.75) is 103 Å². The molecule has 0 aromatic heterocycles. The third kappa shape index (κ3) is 5.50. The lowest BCUT2D eigenvalue weighted by molar-refractivity contribution is -0.0351. The average Bonchev–Trinajstić information content (AvgIpc) is 2.39. The monoisotopic (exact) mass is 388 g/mol. The zero-order valence-corrected chi connectivity index (χ0v) is 19.9. The van der Waals surface area contributed by atoms with Gasteiger partial charge < -0.3 is 19.1 Å². The molecule has 0 bridgehead atoms. The van der Waals surface area contributed by atoms with Gasteiger partial charge in [-0.25, -0.2) is 0 Å². The van der Waals surface area contributed by atoms with E-state index in [0.29, 0.717) is 6.42 Å². The Morgan fingerprint density at radius 3 is 1.80 bits per heavy atom. The molecule has 0 radical (unpaired) electrons. The van der Waals surface area contributed by atoms with Crippen LogP contribution in [0.5, 0.6) is 0 Å². The van der Waals surface area contributed by atoms with E-state index < -0.39 is 22.7 Å². The highest BCUT2D eigenvalue weighted by molar-refractivity contribution is 6.74. The molecule has 3 atom stereocenters. The summed E-state index contributed by atoms with van der Waals surface area (Å²) in [4.78, 5) is 0. The SMILES string of the molecule is CC(C)(C)[Si](C)(C)O[C@@H]1C(O)C=C(CO)C[C@H]1O[Si](C)(C)C(C)(C)C. The Bertz CT molecular complexity index is 487. The van der Waals surface area contributed by atoms with Crippen LogP contribution in [-0.4, -0.2) is 51.8 Å². The van der Waals surface area contributed by atoms with Crippen molar-refractivity contribution in [2.24, 2.45) is 0 Å². The second-order valence-electron chi connectivity index (χ2n) is 10.4. The van der Waals surface area contributed by atoms with E-state index in [2.05, 4.69) is 67.7 Å². The largest absolute Gasteiger partial charge is 0.411 e. The van der Waals surface area contributed by atoms with Gasteiger partial charge in [-0.3, -0.25) is 0 Å². The molecule has 1 aliphatic rings. The molecule has 0 spiro atoms. The molecule has 2 N–H and O–H groups in total. The number of hydrogen-bond donors (Lipinski definition) is 2. The van der Waals surface area contributed by atoms with Gasteiger partial charge >= 0.3 is 0 Å². The van der Waals surface area contributed by atoms with Gasteiger partial charge in [-0.15, -0.1) is 0 Å². The van der Waals surface area contributed by atoms with E-state index in [9.17, 15) is 10.2 Å². The molecule has 0 aromatic rings. The van der Waals surface area contributed by atoms with E-state index in [1.165, 1.54) is 0 Å². The van der Waals surface area contributed by atoms with E-state index >= 15 is 0 Å². The van der Waals surface area contributed by atoms with Gasteiger partial charge in [-0.1, -0.05) is 47.6 Å². The number of hydrogen-bond acceptors (Lipinski definition) is 4. The topological polar surface area (TPSA) is 58.9 Å². The zero-order valence-electron chi connectivity index (χ0n) is 17.9. The van der Waals surface area contributed by atoms with Crippen LogP contribution in [0.25, 0.3) is 0 Å². The van der Waals surface area contributed by atoms with Crippen LogP contribution in [0.15, 0.2) is 11.6 Å². The number of aliphatic hydroxyl groups is 2. The normalized spacial score (nSPS) is 26.6. The third-order valence-corrected chi connectivity index (χ3v) is 15.2. The minimum atomic E-state index is -2.05. The van der Waals surface area contributed by atoms with Crippen LogP contribution >= 0.6 is 0 Å². The summed E-state index contributed by atoms with van der Waals surface area (Å²) in [7, 11) is -4.06. The summed E-state index contributed by atoms with van der Waals surface area (Å²) in [5.41, 5.74) is 0.839. The van der Waals surface area contributed by atoms with Crippen LogP contribution in [0.3, 0.4) is 0 Å². The Kier molecular flexibility index (Phi) is 6.97. The smallest absolute Gasteiger partial charge is 0.192 e. The Morgan fingerprint density at radius 2 is 1.40 bits per heavy atom. The van der Waals surface area contributed by atoms with Crippen molar-refractivity contribution in [3.8, 4) is 0 Å². The van der Waals surface area contributed by atoms with Crippen molar-refractivity contribution < 1.29 is 19.1 Å². The van der Waals surface area contributed by atoms with E-state index in [1.807, 2.05) is 0 Å². The molecule has 4 nitrogen and oxygen atoms in total. The molecule has 1 rings (SSSR count). The maximum absolute atomic E-state index is 10.7. The van der Waals surface area contributed by atoms with E-state index in [1.54, 1.807) is 6.08 Å². The van der Waals surface area contributed by atoms with Gasteiger partial charge in [0.1, 0.15) is 0 Å². The van der Waals surface area contributed by atoms with Crippen molar-refractivity contribution >= 4 is 16.6 Å². The molecule has 0 aromatic carbocycles. The standard InChI is InChI=1S/C19H40O4Si2/c1-18(2,3)24(7,8)22-16-12-14(13-20)11-15(21)17(16)23-25(9,10)19(4,5)6/h11,15-17,20-21H,12-13H2,1-10H3/t15?,16-,17-/m1/s1. The predicted molar refractivity (Wildman–Crippen MR) is 110 cm³/mol. The summed E-state index contributed by atoms with van der Waals surface area (Å²) < 4.78 is 13.2. The molecule has 1 unspecified atom stereocenters. The van der Waals surface area contributed by atoms with Crippen molar-refractivity contribution in [3.05, 3.63) is 11.6 Å². The summed E-state index contributed by atoms with van der Waals surface area (Å²) >= 11 is 0. The van der Waals surface area contributed by atoms with Crippen molar-refractivity contribution in [1.29, 1.82) is 0 Å². The molecule has 0 amide bonds. The van der Waals surface area contributed by atoms with Crippen LogP contribution in [0.2, 0.25) is 36.3 Å². The minimum absolute atomic E-state index is 0.0404. The molecule has 0 fully saturated rings. The minimum Gasteiger partial charge on any atom is -0.411 e. The number of rotatable bonds is 5. The van der Waals surface area contributed by atoms with Crippen LogP contribution in [-0.2, 0) is 8.85 Å². The molecule has 1 aliphatic carbocycles. The lowest BCUT2D eigenvalue weighted by Gasteiger charge is -2.47. The van der Waals surface area contributed by atoms with E-state index in [4.69, 9.17) is 8.85 Å². The fourth-order valence-corrected chi connectivity index (χ4v) is 5.10. The Morgan fingerprint density at radius 1 is 0.960 bits per heavy atom. The Balaban J connectivity index is 3.15. The van der Waals surface area contributed by atoms with Gasteiger partial charge in [-0.05, 0) is 48.3 Å². The van der Waals surface area contributed by atoms with Crippen molar-refractivity contribution in [1.82, 2.24) is 0 Å². The van der Waals surface area contributed by atoms with Gasteiger partial charge in [0, 0.05) is 0 Å². The van der Waals surface area contributed by atoms with E-state index in [0.717, 1.165) is 5.57 Å². The van der Waals surface area contributed by atoms with Gasteiger partial charge in [0.25, 0.3) is 0 Å². The summed E-state index contributed by atoms with van der Waals surface area (Å²) in [5.74, 6) is 0. The highest BCUT2D eigenvalue weighted by atomic mass is 28.4. The van der Waals surface area contributed by atoms with Crippen LogP contribution in [0.1, 0.15) is 48.0 Å².